The van der Waals surface area contributed by atoms with Gasteiger partial charge < -0.3 is 5.32 Å². The van der Waals surface area contributed by atoms with Crippen LogP contribution >= 0.6 is 15.9 Å². The van der Waals surface area contributed by atoms with E-state index < -0.39 is 11.9 Å². The van der Waals surface area contributed by atoms with Crippen LogP contribution in [-0.2, 0) is 9.59 Å². The number of carbonyl (C=O) groups excluding carboxylic acids is 2. The Balaban J connectivity index is 1.86. The van der Waals surface area contributed by atoms with E-state index in [4.69, 9.17) is 0 Å². The fraction of sp³-hybridized carbons (Fsp3) is 0.125. The maximum atomic E-state index is 13.7. The second-order valence-corrected chi connectivity index (χ2v) is 5.75. The molecular formula is C16H12BrFN2O2. The number of hydrogen-bond acceptors (Lipinski definition) is 3. The smallest absolute Gasteiger partial charge is 0.256 e. The molecule has 1 aliphatic rings. The van der Waals surface area contributed by atoms with Gasteiger partial charge in [0.25, 0.3) is 5.91 Å². The van der Waals surface area contributed by atoms with Gasteiger partial charge in [0, 0.05) is 4.47 Å². The van der Waals surface area contributed by atoms with Crippen LogP contribution < -0.4 is 10.2 Å². The van der Waals surface area contributed by atoms with E-state index in [0.717, 1.165) is 4.90 Å². The number of nitrogens with zero attached hydrogens (tertiary/aromatic N) is 1. The van der Waals surface area contributed by atoms with Gasteiger partial charge >= 0.3 is 0 Å². The summed E-state index contributed by atoms with van der Waals surface area (Å²) in [5.41, 5.74) is 0.706. The number of nitrogens with one attached hydrogen (secondary N) is 1. The largest absolute Gasteiger partial charge is 0.371 e. The molecule has 3 rings (SSSR count). The van der Waals surface area contributed by atoms with Gasteiger partial charge in [0.05, 0.1) is 17.8 Å². The van der Waals surface area contributed by atoms with Crippen LogP contribution in [-0.4, -0.2) is 17.9 Å². The molecule has 0 radical (unpaired) electrons. The van der Waals surface area contributed by atoms with Crippen LogP contribution in [0.5, 0.6) is 0 Å². The summed E-state index contributed by atoms with van der Waals surface area (Å²) in [5.74, 6) is -1.16. The van der Waals surface area contributed by atoms with Crippen molar-refractivity contribution in [1.82, 2.24) is 0 Å². The van der Waals surface area contributed by atoms with Gasteiger partial charge in [-0.1, -0.05) is 24.3 Å². The average molecular weight is 363 g/mol. The number of carbonyl (C=O) groups is 2. The minimum absolute atomic E-state index is 0.00545. The number of anilines is 2. The molecule has 2 aromatic carbocycles. The Bertz CT molecular complexity index is 750. The number of benzene rings is 2. The van der Waals surface area contributed by atoms with Gasteiger partial charge in [0.2, 0.25) is 5.91 Å². The normalized spacial score (nSPS) is 17.9. The number of para-hydroxylation sites is 2. The zero-order chi connectivity index (χ0) is 15.7. The van der Waals surface area contributed by atoms with Crippen molar-refractivity contribution in [2.24, 2.45) is 0 Å². The van der Waals surface area contributed by atoms with E-state index in [1.165, 1.54) is 12.1 Å². The van der Waals surface area contributed by atoms with Crippen LogP contribution in [0.25, 0.3) is 0 Å². The number of rotatable bonds is 3. The number of amides is 2. The van der Waals surface area contributed by atoms with Crippen LogP contribution in [0, 0.1) is 5.82 Å². The van der Waals surface area contributed by atoms with Crippen molar-refractivity contribution in [3.8, 4) is 0 Å². The Morgan fingerprint density at radius 3 is 2.50 bits per heavy atom. The minimum atomic E-state index is -0.767. The summed E-state index contributed by atoms with van der Waals surface area (Å²) in [5, 5.41) is 2.81. The second-order valence-electron chi connectivity index (χ2n) is 4.90. The molecule has 112 valence electrons. The molecule has 0 aliphatic carbocycles. The summed E-state index contributed by atoms with van der Waals surface area (Å²) in [6.07, 6.45) is -0.00545. The monoisotopic (exact) mass is 362 g/mol. The van der Waals surface area contributed by atoms with E-state index in [2.05, 4.69) is 21.2 Å². The molecule has 0 saturated carbocycles. The molecule has 1 saturated heterocycles. The Hall–Kier alpha value is -2.21. The van der Waals surface area contributed by atoms with Crippen molar-refractivity contribution < 1.29 is 14.0 Å². The topological polar surface area (TPSA) is 49.4 Å². The van der Waals surface area contributed by atoms with Crippen molar-refractivity contribution in [2.75, 3.05) is 10.2 Å². The molecule has 0 aromatic heterocycles. The Labute approximate surface area is 135 Å². The lowest BCUT2D eigenvalue weighted by atomic mass is 10.2. The molecule has 2 amide bonds. The van der Waals surface area contributed by atoms with E-state index in [1.807, 2.05) is 0 Å². The Morgan fingerprint density at radius 2 is 1.77 bits per heavy atom. The third-order valence-electron chi connectivity index (χ3n) is 3.44. The van der Waals surface area contributed by atoms with Crippen molar-refractivity contribution in [3.63, 3.8) is 0 Å². The lowest BCUT2D eigenvalue weighted by Crippen LogP contribution is -2.35. The zero-order valence-corrected chi connectivity index (χ0v) is 13.0. The second kappa shape index (κ2) is 5.88. The highest BCUT2D eigenvalue weighted by Crippen LogP contribution is 2.31. The molecule has 22 heavy (non-hydrogen) atoms. The molecule has 0 spiro atoms. The zero-order valence-electron chi connectivity index (χ0n) is 11.4. The summed E-state index contributed by atoms with van der Waals surface area (Å²) in [4.78, 5) is 25.8. The highest BCUT2D eigenvalue weighted by molar-refractivity contribution is 9.10. The first-order chi connectivity index (χ1) is 10.6. The fourth-order valence-electron chi connectivity index (χ4n) is 2.40. The van der Waals surface area contributed by atoms with Gasteiger partial charge in [0.15, 0.2) is 0 Å². The molecule has 6 heteroatoms. The maximum Gasteiger partial charge on any atom is 0.256 e. The standard InChI is InChI=1S/C16H12BrFN2O2/c17-10-5-1-4-8-14(10)20-15(21)9-13(16(20)22)19-12-7-3-2-6-11(12)18/h1-8,13,19H,9H2/t13-/m1/s1. The molecule has 0 bridgehead atoms. The van der Waals surface area contributed by atoms with E-state index in [9.17, 15) is 14.0 Å². The summed E-state index contributed by atoms with van der Waals surface area (Å²) < 4.78 is 14.3. The Morgan fingerprint density at radius 1 is 1.09 bits per heavy atom. The molecule has 1 fully saturated rings. The van der Waals surface area contributed by atoms with Crippen LogP contribution in [0.15, 0.2) is 53.0 Å². The van der Waals surface area contributed by atoms with Crippen molar-refractivity contribution in [3.05, 3.63) is 58.8 Å². The third-order valence-corrected chi connectivity index (χ3v) is 4.11. The van der Waals surface area contributed by atoms with Gasteiger partial charge in [-0.15, -0.1) is 0 Å². The number of halogens is 2. The maximum absolute atomic E-state index is 13.7. The van der Waals surface area contributed by atoms with Gasteiger partial charge in [-0.05, 0) is 40.2 Å². The van der Waals surface area contributed by atoms with Crippen LogP contribution in [0.1, 0.15) is 6.42 Å². The lowest BCUT2D eigenvalue weighted by molar-refractivity contribution is -0.121. The van der Waals surface area contributed by atoms with E-state index >= 15 is 0 Å². The SMILES string of the molecule is O=C1C[C@@H](Nc2ccccc2F)C(=O)N1c1ccccc1Br. The molecular weight excluding hydrogens is 351 g/mol. The third kappa shape index (κ3) is 2.62. The van der Waals surface area contributed by atoms with Gasteiger partial charge in [-0.25, -0.2) is 9.29 Å². The first-order valence-electron chi connectivity index (χ1n) is 6.70. The highest BCUT2D eigenvalue weighted by atomic mass is 79.9. The highest BCUT2D eigenvalue weighted by Gasteiger charge is 2.40. The summed E-state index contributed by atoms with van der Waals surface area (Å²) >= 11 is 3.33. The lowest BCUT2D eigenvalue weighted by Gasteiger charge is -2.17. The predicted octanol–water partition coefficient (Wildman–Crippen LogP) is 3.33. The quantitative estimate of drug-likeness (QED) is 0.852. The average Bonchev–Trinajstić information content (AvgIpc) is 2.77. The first-order valence-corrected chi connectivity index (χ1v) is 7.49. The van der Waals surface area contributed by atoms with Crippen LogP contribution in [0.3, 0.4) is 0 Å². The summed E-state index contributed by atoms with van der Waals surface area (Å²) in [6.45, 7) is 0. The van der Waals surface area contributed by atoms with E-state index in [0.29, 0.717) is 10.2 Å². The number of imide groups is 1. The van der Waals surface area contributed by atoms with Crippen molar-refractivity contribution in [2.45, 2.75) is 12.5 Å². The molecule has 1 heterocycles. The first kappa shape index (κ1) is 14.7. The number of hydrogen-bond donors (Lipinski definition) is 1. The summed E-state index contributed by atoms with van der Waals surface area (Å²) in [6, 6.07) is 12.3. The molecule has 0 unspecified atom stereocenters. The van der Waals surface area contributed by atoms with Gasteiger partial charge in [-0.2, -0.15) is 0 Å². The molecule has 1 N–H and O–H groups in total. The van der Waals surface area contributed by atoms with Gasteiger partial charge in [0.1, 0.15) is 11.9 Å². The Kier molecular flexibility index (Phi) is 3.94. The van der Waals surface area contributed by atoms with Crippen molar-refractivity contribution in [1.29, 1.82) is 0 Å². The van der Waals surface area contributed by atoms with Crippen molar-refractivity contribution >= 4 is 39.1 Å². The van der Waals surface area contributed by atoms with E-state index in [1.54, 1.807) is 36.4 Å². The van der Waals surface area contributed by atoms with Crippen LogP contribution in [0.2, 0.25) is 0 Å². The summed E-state index contributed by atoms with van der Waals surface area (Å²) in [7, 11) is 0. The van der Waals surface area contributed by atoms with Crippen LogP contribution in [0.4, 0.5) is 15.8 Å². The fourth-order valence-corrected chi connectivity index (χ4v) is 2.86. The molecule has 4 nitrogen and oxygen atoms in total. The predicted molar refractivity (Wildman–Crippen MR) is 85.1 cm³/mol. The van der Waals surface area contributed by atoms with E-state index in [-0.39, 0.29) is 23.9 Å². The van der Waals surface area contributed by atoms with Gasteiger partial charge in [-0.3, -0.25) is 9.59 Å². The molecule has 2 aromatic rings. The minimum Gasteiger partial charge on any atom is -0.371 e. The molecule has 1 aliphatic heterocycles. The molecule has 1 atom stereocenters.